The Bertz CT molecular complexity index is 253. The summed E-state index contributed by atoms with van der Waals surface area (Å²) in [7, 11) is 0. The highest BCUT2D eigenvalue weighted by atomic mass is 16.3. The van der Waals surface area contributed by atoms with Crippen molar-refractivity contribution in [2.24, 2.45) is 5.92 Å². The van der Waals surface area contributed by atoms with Gasteiger partial charge in [-0.25, -0.2) is 0 Å². The Morgan fingerprint density at radius 2 is 2.19 bits per heavy atom. The van der Waals surface area contributed by atoms with Gasteiger partial charge in [0.05, 0.1) is 6.10 Å². The summed E-state index contributed by atoms with van der Waals surface area (Å²) < 4.78 is 0. The summed E-state index contributed by atoms with van der Waals surface area (Å²) in [5.41, 5.74) is 0. The van der Waals surface area contributed by atoms with Gasteiger partial charge in [0, 0.05) is 32.1 Å². The molecule has 92 valence electrons. The van der Waals surface area contributed by atoms with Crippen molar-refractivity contribution >= 4 is 5.91 Å². The van der Waals surface area contributed by atoms with Crippen LogP contribution in [-0.4, -0.2) is 47.7 Å². The van der Waals surface area contributed by atoms with E-state index < -0.39 is 0 Å². The summed E-state index contributed by atoms with van der Waals surface area (Å²) in [6.07, 6.45) is 3.62. The topological polar surface area (TPSA) is 52.6 Å². The molecular formula is C12H22N2O2. The first-order valence-electron chi connectivity index (χ1n) is 6.36. The molecule has 0 aromatic carbocycles. The van der Waals surface area contributed by atoms with Crippen molar-refractivity contribution in [3.8, 4) is 0 Å². The van der Waals surface area contributed by atoms with Crippen LogP contribution in [0.25, 0.3) is 0 Å². The minimum atomic E-state index is -0.228. The van der Waals surface area contributed by atoms with Crippen LogP contribution in [0.1, 0.15) is 32.6 Å². The van der Waals surface area contributed by atoms with E-state index in [1.165, 1.54) is 12.8 Å². The van der Waals surface area contributed by atoms with Gasteiger partial charge in [-0.2, -0.15) is 0 Å². The normalized spacial score (nSPS) is 30.5. The maximum Gasteiger partial charge on any atom is 0.223 e. The number of aliphatic hydroxyl groups is 1. The molecule has 4 nitrogen and oxygen atoms in total. The highest BCUT2D eigenvalue weighted by molar-refractivity contribution is 5.76. The first-order valence-corrected chi connectivity index (χ1v) is 6.36. The van der Waals surface area contributed by atoms with Gasteiger partial charge in [-0.15, -0.1) is 0 Å². The van der Waals surface area contributed by atoms with Crippen molar-refractivity contribution in [3.63, 3.8) is 0 Å². The van der Waals surface area contributed by atoms with Gasteiger partial charge in [-0.3, -0.25) is 4.79 Å². The SMILES string of the molecule is CC1CN(C(=O)CCNC2CC2)CCC1O. The number of aliphatic hydroxyl groups excluding tert-OH is 1. The van der Waals surface area contributed by atoms with Crippen LogP contribution in [0.2, 0.25) is 0 Å². The smallest absolute Gasteiger partial charge is 0.223 e. The van der Waals surface area contributed by atoms with Crippen molar-refractivity contribution in [2.75, 3.05) is 19.6 Å². The zero-order valence-corrected chi connectivity index (χ0v) is 9.98. The molecule has 2 atom stereocenters. The van der Waals surface area contributed by atoms with E-state index in [4.69, 9.17) is 0 Å². The molecular weight excluding hydrogens is 204 g/mol. The fourth-order valence-electron chi connectivity index (χ4n) is 2.19. The standard InChI is InChI=1S/C12H22N2O2/c1-9-8-14(7-5-11(9)15)12(16)4-6-13-10-2-3-10/h9-11,13,15H,2-8H2,1H3. The first-order chi connectivity index (χ1) is 7.66. The molecule has 0 radical (unpaired) electrons. The molecule has 1 amide bonds. The van der Waals surface area contributed by atoms with Crippen molar-refractivity contribution < 1.29 is 9.90 Å². The summed E-state index contributed by atoms with van der Waals surface area (Å²) in [4.78, 5) is 13.8. The van der Waals surface area contributed by atoms with Gasteiger partial charge >= 0.3 is 0 Å². The number of carbonyl (C=O) groups excluding carboxylic acids is 1. The van der Waals surface area contributed by atoms with Gasteiger partial charge in [0.2, 0.25) is 5.91 Å². The Balaban J connectivity index is 1.67. The lowest BCUT2D eigenvalue weighted by molar-refractivity contribution is -0.134. The molecule has 1 saturated heterocycles. The second kappa shape index (κ2) is 5.15. The molecule has 1 aliphatic carbocycles. The van der Waals surface area contributed by atoms with E-state index in [2.05, 4.69) is 5.32 Å². The predicted octanol–water partition coefficient (Wildman–Crippen LogP) is 0.358. The summed E-state index contributed by atoms with van der Waals surface area (Å²) in [5.74, 6) is 0.445. The number of rotatable bonds is 4. The Morgan fingerprint density at radius 1 is 1.44 bits per heavy atom. The van der Waals surface area contributed by atoms with Crippen molar-refractivity contribution in [1.29, 1.82) is 0 Å². The van der Waals surface area contributed by atoms with E-state index in [-0.39, 0.29) is 17.9 Å². The molecule has 2 rings (SSSR count). The van der Waals surface area contributed by atoms with Crippen LogP contribution < -0.4 is 5.32 Å². The van der Waals surface area contributed by atoms with Gasteiger partial charge in [-0.1, -0.05) is 6.92 Å². The molecule has 2 fully saturated rings. The molecule has 2 unspecified atom stereocenters. The van der Waals surface area contributed by atoms with Crippen LogP contribution in [0.4, 0.5) is 0 Å². The van der Waals surface area contributed by atoms with Crippen LogP contribution in [0, 0.1) is 5.92 Å². The molecule has 0 spiro atoms. The highest BCUT2D eigenvalue weighted by Crippen LogP contribution is 2.19. The Kier molecular flexibility index (Phi) is 3.82. The third kappa shape index (κ3) is 3.19. The van der Waals surface area contributed by atoms with Crippen molar-refractivity contribution in [2.45, 2.75) is 44.8 Å². The molecule has 2 N–H and O–H groups in total. The molecule has 1 aliphatic heterocycles. The monoisotopic (exact) mass is 226 g/mol. The number of nitrogens with one attached hydrogen (secondary N) is 1. The largest absolute Gasteiger partial charge is 0.393 e. The fourth-order valence-corrected chi connectivity index (χ4v) is 2.19. The van der Waals surface area contributed by atoms with E-state index in [0.29, 0.717) is 25.6 Å². The molecule has 0 aromatic heterocycles. The van der Waals surface area contributed by atoms with Gasteiger partial charge < -0.3 is 15.3 Å². The number of carbonyl (C=O) groups is 1. The van der Waals surface area contributed by atoms with E-state index in [1.807, 2.05) is 11.8 Å². The van der Waals surface area contributed by atoms with E-state index in [1.54, 1.807) is 0 Å². The summed E-state index contributed by atoms with van der Waals surface area (Å²) in [5, 5.41) is 12.9. The van der Waals surface area contributed by atoms with Crippen LogP contribution >= 0.6 is 0 Å². The Hall–Kier alpha value is -0.610. The zero-order valence-electron chi connectivity index (χ0n) is 9.98. The number of amides is 1. The van der Waals surface area contributed by atoms with Crippen molar-refractivity contribution in [1.82, 2.24) is 10.2 Å². The molecule has 2 aliphatic rings. The first kappa shape index (κ1) is 11.9. The lowest BCUT2D eigenvalue weighted by Gasteiger charge is -2.34. The van der Waals surface area contributed by atoms with Gasteiger partial charge in [0.25, 0.3) is 0 Å². The lowest BCUT2D eigenvalue weighted by Crippen LogP contribution is -2.45. The molecule has 1 heterocycles. The van der Waals surface area contributed by atoms with Gasteiger partial charge in [-0.05, 0) is 25.2 Å². The average Bonchev–Trinajstić information content (AvgIpc) is 3.06. The molecule has 1 saturated carbocycles. The van der Waals surface area contributed by atoms with Crippen LogP contribution in [0.3, 0.4) is 0 Å². The Labute approximate surface area is 97.0 Å². The second-order valence-corrected chi connectivity index (χ2v) is 5.15. The highest BCUT2D eigenvalue weighted by Gasteiger charge is 2.27. The molecule has 4 heteroatoms. The summed E-state index contributed by atoms with van der Waals surface area (Å²) in [6, 6.07) is 0.676. The van der Waals surface area contributed by atoms with Crippen LogP contribution in [-0.2, 0) is 4.79 Å². The van der Waals surface area contributed by atoms with E-state index in [0.717, 1.165) is 13.0 Å². The van der Waals surface area contributed by atoms with E-state index in [9.17, 15) is 9.90 Å². The number of piperidine rings is 1. The summed E-state index contributed by atoms with van der Waals surface area (Å²) in [6.45, 7) is 4.24. The number of nitrogens with zero attached hydrogens (tertiary/aromatic N) is 1. The van der Waals surface area contributed by atoms with Crippen molar-refractivity contribution in [3.05, 3.63) is 0 Å². The molecule has 16 heavy (non-hydrogen) atoms. The minimum Gasteiger partial charge on any atom is -0.393 e. The number of hydrogen-bond acceptors (Lipinski definition) is 3. The number of likely N-dealkylation sites (tertiary alicyclic amines) is 1. The second-order valence-electron chi connectivity index (χ2n) is 5.15. The maximum absolute atomic E-state index is 11.9. The zero-order chi connectivity index (χ0) is 11.5. The predicted molar refractivity (Wildman–Crippen MR) is 62.0 cm³/mol. The van der Waals surface area contributed by atoms with Crippen LogP contribution in [0.5, 0.6) is 0 Å². The van der Waals surface area contributed by atoms with Gasteiger partial charge in [0.15, 0.2) is 0 Å². The lowest BCUT2D eigenvalue weighted by atomic mass is 9.96. The summed E-state index contributed by atoms with van der Waals surface area (Å²) >= 11 is 0. The van der Waals surface area contributed by atoms with Gasteiger partial charge in [0.1, 0.15) is 0 Å². The third-order valence-corrected chi connectivity index (χ3v) is 3.56. The molecule has 0 bridgehead atoms. The third-order valence-electron chi connectivity index (χ3n) is 3.56. The Morgan fingerprint density at radius 3 is 2.81 bits per heavy atom. The average molecular weight is 226 g/mol. The fraction of sp³-hybridized carbons (Fsp3) is 0.917. The quantitative estimate of drug-likeness (QED) is 0.727. The molecule has 0 aromatic rings. The van der Waals surface area contributed by atoms with Crippen LogP contribution in [0.15, 0.2) is 0 Å². The minimum absolute atomic E-state index is 0.217. The number of hydrogen-bond donors (Lipinski definition) is 2. The maximum atomic E-state index is 11.9. The van der Waals surface area contributed by atoms with E-state index >= 15 is 0 Å².